The minimum absolute atomic E-state index is 0.0761. The third-order valence-electron chi connectivity index (χ3n) is 4.93. The van der Waals surface area contributed by atoms with Gasteiger partial charge >= 0.3 is 5.69 Å². The Labute approximate surface area is 152 Å². The lowest BCUT2D eigenvalue weighted by Gasteiger charge is -2.24. The molecule has 0 bridgehead atoms. The summed E-state index contributed by atoms with van der Waals surface area (Å²) in [4.78, 5) is 28.9. The van der Waals surface area contributed by atoms with Gasteiger partial charge < -0.3 is 4.98 Å². The molecule has 0 radical (unpaired) electrons. The van der Waals surface area contributed by atoms with Crippen LogP contribution in [0.15, 0.2) is 32.7 Å². The molecule has 0 aliphatic carbocycles. The lowest BCUT2D eigenvalue weighted by Crippen LogP contribution is -2.37. The Kier molecular flexibility index (Phi) is 5.05. The van der Waals surface area contributed by atoms with Crippen molar-refractivity contribution >= 4 is 20.9 Å². The molecule has 0 saturated carbocycles. The Balaban J connectivity index is 1.99. The molecule has 1 aromatic carbocycles. The first-order valence-corrected chi connectivity index (χ1v) is 10.1. The van der Waals surface area contributed by atoms with Crippen LogP contribution in [0.2, 0.25) is 0 Å². The van der Waals surface area contributed by atoms with Gasteiger partial charge in [0, 0.05) is 32.7 Å². The molecule has 1 saturated heterocycles. The predicted molar refractivity (Wildman–Crippen MR) is 99.9 cm³/mol. The van der Waals surface area contributed by atoms with Gasteiger partial charge in [0.2, 0.25) is 10.0 Å². The topological polar surface area (TPSA) is 95.5 Å². The van der Waals surface area contributed by atoms with E-state index < -0.39 is 21.3 Å². The SMILES string of the molecule is CC(C)N1CCCN(S(=O)(=O)c2ccc3[nH]c(=O)n(C)c(=O)c3c2)CC1. The van der Waals surface area contributed by atoms with Crippen LogP contribution >= 0.6 is 0 Å². The number of benzene rings is 1. The van der Waals surface area contributed by atoms with E-state index in [2.05, 4.69) is 23.7 Å². The number of fused-ring (bicyclic) bond motifs is 1. The molecule has 1 aliphatic rings. The molecule has 0 unspecified atom stereocenters. The van der Waals surface area contributed by atoms with E-state index in [-0.39, 0.29) is 10.3 Å². The van der Waals surface area contributed by atoms with Crippen LogP contribution in [-0.2, 0) is 17.1 Å². The van der Waals surface area contributed by atoms with Gasteiger partial charge in [0.1, 0.15) is 0 Å². The van der Waals surface area contributed by atoms with Gasteiger partial charge in [-0.2, -0.15) is 4.31 Å². The summed E-state index contributed by atoms with van der Waals surface area (Å²) >= 11 is 0. The van der Waals surface area contributed by atoms with Gasteiger partial charge in [-0.25, -0.2) is 13.2 Å². The molecule has 0 amide bonds. The molecule has 0 spiro atoms. The zero-order valence-corrected chi connectivity index (χ0v) is 16.0. The second kappa shape index (κ2) is 6.98. The molecule has 8 nitrogen and oxygen atoms in total. The number of aromatic amines is 1. The first-order valence-electron chi connectivity index (χ1n) is 8.69. The summed E-state index contributed by atoms with van der Waals surface area (Å²) in [6.07, 6.45) is 0.764. The zero-order chi connectivity index (χ0) is 19.1. The molecule has 2 heterocycles. The predicted octanol–water partition coefficient (Wildman–Crippen LogP) is 0.332. The Morgan fingerprint density at radius 1 is 1.08 bits per heavy atom. The molecule has 1 N–H and O–H groups in total. The van der Waals surface area contributed by atoms with E-state index in [1.165, 1.54) is 29.6 Å². The van der Waals surface area contributed by atoms with Crippen molar-refractivity contribution in [3.05, 3.63) is 39.0 Å². The lowest BCUT2D eigenvalue weighted by atomic mass is 10.2. The number of hydrogen-bond acceptors (Lipinski definition) is 5. The summed E-state index contributed by atoms with van der Waals surface area (Å²) in [6, 6.07) is 4.65. The van der Waals surface area contributed by atoms with Crippen molar-refractivity contribution in [1.29, 1.82) is 0 Å². The minimum atomic E-state index is -3.70. The standard InChI is InChI=1S/C17H24N4O4S/c1-12(2)20-7-4-8-21(10-9-20)26(24,25)13-5-6-15-14(11-13)16(22)19(3)17(23)18-15/h5-6,11-12H,4,7-10H2,1-3H3,(H,18,23). The van der Waals surface area contributed by atoms with E-state index in [0.717, 1.165) is 17.5 Å². The summed E-state index contributed by atoms with van der Waals surface area (Å²) in [7, 11) is -2.34. The third kappa shape index (κ3) is 3.34. The van der Waals surface area contributed by atoms with Crippen LogP contribution in [-0.4, -0.2) is 59.4 Å². The summed E-state index contributed by atoms with van der Waals surface area (Å²) < 4.78 is 28.5. The number of nitrogens with one attached hydrogen (secondary N) is 1. The summed E-state index contributed by atoms with van der Waals surface area (Å²) in [6.45, 7) is 6.62. The van der Waals surface area contributed by atoms with Crippen molar-refractivity contribution < 1.29 is 8.42 Å². The van der Waals surface area contributed by atoms with Crippen LogP contribution in [0.5, 0.6) is 0 Å². The maximum atomic E-state index is 13.1. The lowest BCUT2D eigenvalue weighted by molar-refractivity contribution is 0.233. The van der Waals surface area contributed by atoms with Crippen LogP contribution < -0.4 is 11.2 Å². The van der Waals surface area contributed by atoms with E-state index in [4.69, 9.17) is 0 Å². The highest BCUT2D eigenvalue weighted by atomic mass is 32.2. The number of H-pyrrole nitrogens is 1. The highest BCUT2D eigenvalue weighted by Crippen LogP contribution is 2.20. The van der Waals surface area contributed by atoms with Crippen LogP contribution in [0.1, 0.15) is 20.3 Å². The van der Waals surface area contributed by atoms with Crippen molar-refractivity contribution in [1.82, 2.24) is 18.8 Å². The largest absolute Gasteiger partial charge is 0.328 e. The Bertz CT molecular complexity index is 1040. The fourth-order valence-electron chi connectivity index (χ4n) is 3.26. The zero-order valence-electron chi connectivity index (χ0n) is 15.2. The molecular weight excluding hydrogens is 356 g/mol. The number of rotatable bonds is 3. The molecule has 26 heavy (non-hydrogen) atoms. The number of sulfonamides is 1. The molecule has 142 valence electrons. The maximum absolute atomic E-state index is 13.1. The van der Waals surface area contributed by atoms with E-state index >= 15 is 0 Å². The van der Waals surface area contributed by atoms with E-state index in [1.54, 1.807) is 0 Å². The van der Waals surface area contributed by atoms with E-state index in [0.29, 0.717) is 31.2 Å². The second-order valence-corrected chi connectivity index (χ2v) is 8.83. The van der Waals surface area contributed by atoms with Gasteiger partial charge in [-0.15, -0.1) is 0 Å². The number of hydrogen-bond donors (Lipinski definition) is 1. The molecule has 1 aromatic heterocycles. The van der Waals surface area contributed by atoms with Crippen LogP contribution in [0, 0.1) is 0 Å². The van der Waals surface area contributed by atoms with Crippen LogP contribution in [0.4, 0.5) is 0 Å². The molecule has 1 aliphatic heterocycles. The minimum Gasteiger partial charge on any atom is -0.307 e. The monoisotopic (exact) mass is 380 g/mol. The first kappa shape index (κ1) is 18.8. The van der Waals surface area contributed by atoms with Gasteiger partial charge in [0.15, 0.2) is 0 Å². The first-order chi connectivity index (χ1) is 12.2. The van der Waals surface area contributed by atoms with Gasteiger partial charge in [-0.05, 0) is 45.0 Å². The number of nitrogens with zero attached hydrogens (tertiary/aromatic N) is 3. The molecule has 9 heteroatoms. The van der Waals surface area contributed by atoms with Crippen molar-refractivity contribution in [3.63, 3.8) is 0 Å². The fourth-order valence-corrected chi connectivity index (χ4v) is 4.76. The van der Waals surface area contributed by atoms with Crippen LogP contribution in [0.25, 0.3) is 10.9 Å². The van der Waals surface area contributed by atoms with Crippen molar-refractivity contribution in [2.75, 3.05) is 26.2 Å². The Hall–Kier alpha value is -1.97. The maximum Gasteiger partial charge on any atom is 0.328 e. The van der Waals surface area contributed by atoms with Crippen molar-refractivity contribution in [2.24, 2.45) is 7.05 Å². The van der Waals surface area contributed by atoms with E-state index in [9.17, 15) is 18.0 Å². The summed E-state index contributed by atoms with van der Waals surface area (Å²) in [5, 5.41) is 0.187. The highest BCUT2D eigenvalue weighted by molar-refractivity contribution is 7.89. The van der Waals surface area contributed by atoms with Crippen LogP contribution in [0.3, 0.4) is 0 Å². The molecule has 1 fully saturated rings. The van der Waals surface area contributed by atoms with Crippen molar-refractivity contribution in [2.45, 2.75) is 31.2 Å². The summed E-state index contributed by atoms with van der Waals surface area (Å²) in [5.41, 5.74) is -0.707. The number of aromatic nitrogens is 2. The normalized spacial score (nSPS) is 17.7. The smallest absolute Gasteiger partial charge is 0.307 e. The average molecular weight is 380 g/mol. The third-order valence-corrected chi connectivity index (χ3v) is 6.82. The Morgan fingerprint density at radius 3 is 2.50 bits per heavy atom. The Morgan fingerprint density at radius 2 is 1.81 bits per heavy atom. The van der Waals surface area contributed by atoms with Gasteiger partial charge in [0.05, 0.1) is 15.8 Å². The van der Waals surface area contributed by atoms with Gasteiger partial charge in [0.25, 0.3) is 5.56 Å². The highest BCUT2D eigenvalue weighted by Gasteiger charge is 2.28. The van der Waals surface area contributed by atoms with Gasteiger partial charge in [-0.3, -0.25) is 14.3 Å². The van der Waals surface area contributed by atoms with E-state index in [1.807, 2.05) is 0 Å². The van der Waals surface area contributed by atoms with Gasteiger partial charge in [-0.1, -0.05) is 0 Å². The summed E-state index contributed by atoms with van der Waals surface area (Å²) in [5.74, 6) is 0. The fraction of sp³-hybridized carbons (Fsp3) is 0.529. The molecule has 3 rings (SSSR count). The molecule has 0 atom stereocenters. The molecule has 2 aromatic rings. The van der Waals surface area contributed by atoms with Crippen molar-refractivity contribution in [3.8, 4) is 0 Å². The molecular formula is C17H24N4O4S. The quantitative estimate of drug-likeness (QED) is 0.828. The average Bonchev–Trinajstić information content (AvgIpc) is 2.86. The second-order valence-electron chi connectivity index (χ2n) is 6.89.